The van der Waals surface area contributed by atoms with E-state index >= 15 is 0 Å². The van der Waals surface area contributed by atoms with Gasteiger partial charge in [-0.15, -0.1) is 0 Å². The van der Waals surface area contributed by atoms with Gasteiger partial charge >= 0.3 is 0 Å². The van der Waals surface area contributed by atoms with Crippen molar-refractivity contribution in [2.75, 3.05) is 20.8 Å². The van der Waals surface area contributed by atoms with E-state index < -0.39 is 5.78 Å². The fourth-order valence-corrected chi connectivity index (χ4v) is 5.16. The topological polar surface area (TPSA) is 94.5 Å². The highest BCUT2D eigenvalue weighted by Gasteiger charge is 2.30. The van der Waals surface area contributed by atoms with Gasteiger partial charge in [-0.3, -0.25) is 4.79 Å². The normalized spacial score (nSPS) is 19.9. The number of carbonyl (C=O) groups excluding carboxylic acids is 1. The minimum Gasteiger partial charge on any atom is -0.508 e. The third kappa shape index (κ3) is 4.42. The maximum absolute atomic E-state index is 12.0. The van der Waals surface area contributed by atoms with Crippen LogP contribution in [0.5, 0.6) is 23.0 Å². The zero-order chi connectivity index (χ0) is 27.1. The average Bonchev–Trinajstić information content (AvgIpc) is 2.96. The van der Waals surface area contributed by atoms with Crippen molar-refractivity contribution in [3.8, 4) is 23.0 Å². The van der Waals surface area contributed by atoms with Gasteiger partial charge in [-0.2, -0.15) is 0 Å². The zero-order valence-corrected chi connectivity index (χ0v) is 21.4. The van der Waals surface area contributed by atoms with Gasteiger partial charge < -0.3 is 29.2 Å². The summed E-state index contributed by atoms with van der Waals surface area (Å²) >= 11 is 0. The maximum Gasteiger partial charge on any atom is 0.223 e. The molecular weight excluding hydrogens is 496 g/mol. The van der Waals surface area contributed by atoms with Crippen LogP contribution in [-0.4, -0.2) is 36.8 Å². The Morgan fingerprint density at radius 2 is 1.72 bits per heavy atom. The Labute approximate surface area is 225 Å². The molecule has 2 aliphatic heterocycles. The molecule has 0 saturated carbocycles. The van der Waals surface area contributed by atoms with Gasteiger partial charge in [0.25, 0.3) is 0 Å². The molecule has 3 aromatic rings. The van der Waals surface area contributed by atoms with Crippen molar-refractivity contribution in [3.63, 3.8) is 0 Å². The first kappa shape index (κ1) is 24.4. The SMILES string of the molecule is COC1=CC(=O)C(O)=C/C1=C1\C=C(c2ccccc2)c2cc3c(cc2O1)OC[C@@H](c1ccc(OC)cc1O)C3. The molecule has 3 aromatic carbocycles. The lowest BCUT2D eigenvalue weighted by Crippen LogP contribution is -2.20. The lowest BCUT2D eigenvalue weighted by molar-refractivity contribution is -0.113. The van der Waals surface area contributed by atoms with Gasteiger partial charge in [0.15, 0.2) is 5.76 Å². The van der Waals surface area contributed by atoms with E-state index in [1.54, 1.807) is 13.2 Å². The number of fused-ring (bicyclic) bond motifs is 2. The molecule has 1 atom stereocenters. The first-order chi connectivity index (χ1) is 18.9. The van der Waals surface area contributed by atoms with Crippen LogP contribution in [-0.2, 0) is 16.0 Å². The number of benzene rings is 3. The Morgan fingerprint density at radius 1 is 0.897 bits per heavy atom. The highest BCUT2D eigenvalue weighted by molar-refractivity contribution is 6.05. The monoisotopic (exact) mass is 522 g/mol. The van der Waals surface area contributed by atoms with Crippen LogP contribution in [0.3, 0.4) is 0 Å². The summed E-state index contributed by atoms with van der Waals surface area (Å²) < 4.78 is 23.2. The van der Waals surface area contributed by atoms with E-state index in [0.29, 0.717) is 47.4 Å². The van der Waals surface area contributed by atoms with Crippen LogP contribution >= 0.6 is 0 Å². The average molecular weight is 523 g/mol. The number of ether oxygens (including phenoxy) is 4. The summed E-state index contributed by atoms with van der Waals surface area (Å²) in [6, 6.07) is 19.2. The molecule has 196 valence electrons. The smallest absolute Gasteiger partial charge is 0.223 e. The molecule has 0 saturated heterocycles. The second-order valence-electron chi connectivity index (χ2n) is 9.50. The third-order valence-corrected chi connectivity index (χ3v) is 7.16. The van der Waals surface area contributed by atoms with Crippen LogP contribution in [0, 0.1) is 0 Å². The van der Waals surface area contributed by atoms with Crippen molar-refractivity contribution >= 4 is 11.4 Å². The number of aliphatic hydroxyl groups excluding tert-OH is 1. The quantitative estimate of drug-likeness (QED) is 0.450. The molecular formula is C32H26O7. The molecule has 0 amide bonds. The van der Waals surface area contributed by atoms with E-state index in [4.69, 9.17) is 18.9 Å². The number of aromatic hydroxyl groups is 1. The summed E-state index contributed by atoms with van der Waals surface area (Å²) in [5.74, 6) is 1.86. The van der Waals surface area contributed by atoms with Crippen molar-refractivity contribution in [1.82, 2.24) is 0 Å². The number of phenolic OH excluding ortho intramolecular Hbond substituents is 1. The van der Waals surface area contributed by atoms with Crippen molar-refractivity contribution in [3.05, 3.63) is 124 Å². The number of hydrogen-bond acceptors (Lipinski definition) is 7. The van der Waals surface area contributed by atoms with E-state index in [1.807, 2.05) is 54.6 Å². The summed E-state index contributed by atoms with van der Waals surface area (Å²) in [5, 5.41) is 20.8. The van der Waals surface area contributed by atoms with Gasteiger partial charge in [0.1, 0.15) is 34.5 Å². The Hall–Kier alpha value is -4.91. The van der Waals surface area contributed by atoms with Crippen molar-refractivity contribution in [2.24, 2.45) is 0 Å². The maximum atomic E-state index is 12.0. The predicted octanol–water partition coefficient (Wildman–Crippen LogP) is 5.75. The first-order valence-electron chi connectivity index (χ1n) is 12.5. The second kappa shape index (κ2) is 9.76. The second-order valence-corrected chi connectivity index (χ2v) is 9.50. The van der Waals surface area contributed by atoms with Crippen LogP contribution in [0.1, 0.15) is 28.2 Å². The Bertz CT molecular complexity index is 1610. The van der Waals surface area contributed by atoms with E-state index in [0.717, 1.165) is 27.8 Å². The van der Waals surface area contributed by atoms with E-state index in [2.05, 4.69) is 6.07 Å². The van der Waals surface area contributed by atoms with Crippen molar-refractivity contribution in [1.29, 1.82) is 0 Å². The summed E-state index contributed by atoms with van der Waals surface area (Å²) in [4.78, 5) is 12.0. The molecule has 7 nitrogen and oxygen atoms in total. The highest BCUT2D eigenvalue weighted by Crippen LogP contribution is 2.45. The van der Waals surface area contributed by atoms with Crippen LogP contribution in [0.4, 0.5) is 0 Å². The molecule has 2 heterocycles. The number of methoxy groups -OCH3 is 2. The summed E-state index contributed by atoms with van der Waals surface area (Å²) in [6.07, 6.45) is 5.18. The fourth-order valence-electron chi connectivity index (χ4n) is 5.16. The van der Waals surface area contributed by atoms with Gasteiger partial charge in [0, 0.05) is 35.3 Å². The molecule has 0 spiro atoms. The van der Waals surface area contributed by atoms with Crippen molar-refractivity contribution in [2.45, 2.75) is 12.3 Å². The molecule has 3 aliphatic rings. The highest BCUT2D eigenvalue weighted by atomic mass is 16.5. The zero-order valence-electron chi connectivity index (χ0n) is 21.4. The standard InChI is InChI=1S/C32H26O7/c1-36-21-8-9-22(26(33)12-21)20-10-19-11-24-23(18-6-4-3-5-7-18)14-31(39-32(24)16-29(19)38-17-20)25-13-27(34)28(35)15-30(25)37-2/h3-9,11-16,20,33-34H,10,17H2,1-2H3/b31-25-/t20-/m0/s1. The summed E-state index contributed by atoms with van der Waals surface area (Å²) in [7, 11) is 3.04. The number of rotatable bonds is 4. The van der Waals surface area contributed by atoms with Crippen molar-refractivity contribution < 1.29 is 34.0 Å². The molecule has 0 unspecified atom stereocenters. The molecule has 0 aromatic heterocycles. The number of carbonyl (C=O) groups is 1. The largest absolute Gasteiger partial charge is 0.508 e. The van der Waals surface area contributed by atoms with E-state index in [9.17, 15) is 15.0 Å². The van der Waals surface area contributed by atoms with Gasteiger partial charge in [-0.05, 0) is 47.4 Å². The number of ketones is 1. The summed E-state index contributed by atoms with van der Waals surface area (Å²) in [5.41, 5.74) is 5.04. The van der Waals surface area contributed by atoms with Crippen LogP contribution < -0.4 is 14.2 Å². The number of allylic oxidation sites excluding steroid dienone is 3. The van der Waals surface area contributed by atoms with Crippen LogP contribution in [0.2, 0.25) is 0 Å². The number of phenols is 1. The molecule has 0 fully saturated rings. The van der Waals surface area contributed by atoms with Gasteiger partial charge in [0.2, 0.25) is 5.78 Å². The molecule has 39 heavy (non-hydrogen) atoms. The molecule has 7 heteroatoms. The third-order valence-electron chi connectivity index (χ3n) is 7.16. The molecule has 0 radical (unpaired) electrons. The minimum absolute atomic E-state index is 0.0323. The number of hydrogen-bond donors (Lipinski definition) is 2. The molecule has 6 rings (SSSR count). The predicted molar refractivity (Wildman–Crippen MR) is 145 cm³/mol. The lowest BCUT2D eigenvalue weighted by Gasteiger charge is -2.30. The van der Waals surface area contributed by atoms with E-state index in [1.165, 1.54) is 19.3 Å². The van der Waals surface area contributed by atoms with Gasteiger partial charge in [-0.1, -0.05) is 36.4 Å². The first-order valence-corrected chi connectivity index (χ1v) is 12.5. The molecule has 1 aliphatic carbocycles. The van der Waals surface area contributed by atoms with Crippen LogP contribution in [0.25, 0.3) is 5.57 Å². The Balaban J connectivity index is 1.45. The van der Waals surface area contributed by atoms with Gasteiger partial charge in [0.05, 0.1) is 26.4 Å². The summed E-state index contributed by atoms with van der Waals surface area (Å²) in [6.45, 7) is 0.399. The van der Waals surface area contributed by atoms with Gasteiger partial charge in [-0.25, -0.2) is 0 Å². The Kier molecular flexibility index (Phi) is 6.11. The molecule has 2 N–H and O–H groups in total. The molecule has 0 bridgehead atoms. The van der Waals surface area contributed by atoms with E-state index in [-0.39, 0.29) is 17.4 Å². The minimum atomic E-state index is -0.528. The fraction of sp³-hybridized carbons (Fsp3) is 0.156. The van der Waals surface area contributed by atoms with Crippen LogP contribution in [0.15, 0.2) is 102 Å². The number of aliphatic hydroxyl groups is 1. The Morgan fingerprint density at radius 3 is 2.46 bits per heavy atom. The lowest BCUT2D eigenvalue weighted by atomic mass is 9.86.